The second kappa shape index (κ2) is 5.81. The van der Waals surface area contributed by atoms with Gasteiger partial charge in [0.05, 0.1) is 0 Å². The standard InChI is InChI=1S/C14H25NO/c1-11(13-7-4-8-15-10-13)9-14(16)12-5-2-3-6-12/h11-13,15H,2-10H2,1H3. The highest BCUT2D eigenvalue weighted by atomic mass is 16.1. The molecule has 1 aliphatic carbocycles. The van der Waals surface area contributed by atoms with Gasteiger partial charge in [0, 0.05) is 12.3 Å². The maximum Gasteiger partial charge on any atom is 0.136 e. The van der Waals surface area contributed by atoms with Crippen LogP contribution in [-0.4, -0.2) is 18.9 Å². The number of rotatable bonds is 4. The highest BCUT2D eigenvalue weighted by molar-refractivity contribution is 5.81. The Morgan fingerprint density at radius 2 is 2.00 bits per heavy atom. The minimum atomic E-state index is 0.416. The van der Waals surface area contributed by atoms with Gasteiger partial charge in [-0.2, -0.15) is 0 Å². The zero-order chi connectivity index (χ0) is 11.4. The lowest BCUT2D eigenvalue weighted by molar-refractivity contribution is -0.123. The van der Waals surface area contributed by atoms with Crippen LogP contribution >= 0.6 is 0 Å². The molecular weight excluding hydrogens is 198 g/mol. The maximum absolute atomic E-state index is 12.1. The number of carbonyl (C=O) groups excluding carboxylic acids is 1. The minimum absolute atomic E-state index is 0.416. The summed E-state index contributed by atoms with van der Waals surface area (Å²) in [5, 5.41) is 3.45. The summed E-state index contributed by atoms with van der Waals surface area (Å²) in [5.41, 5.74) is 0. The predicted octanol–water partition coefficient (Wildman–Crippen LogP) is 2.77. The summed E-state index contributed by atoms with van der Waals surface area (Å²) in [6.07, 6.45) is 8.30. The molecule has 16 heavy (non-hydrogen) atoms. The van der Waals surface area contributed by atoms with Crippen LogP contribution in [0.15, 0.2) is 0 Å². The van der Waals surface area contributed by atoms with E-state index in [1.807, 2.05) is 0 Å². The van der Waals surface area contributed by atoms with Crippen LogP contribution in [-0.2, 0) is 4.79 Å². The summed E-state index contributed by atoms with van der Waals surface area (Å²) >= 11 is 0. The number of ketones is 1. The SMILES string of the molecule is CC(CC(=O)C1CCCC1)C1CCCNC1. The van der Waals surface area contributed by atoms with Gasteiger partial charge in [-0.05, 0) is 50.6 Å². The molecule has 1 saturated carbocycles. The van der Waals surface area contributed by atoms with Gasteiger partial charge in [-0.1, -0.05) is 19.8 Å². The quantitative estimate of drug-likeness (QED) is 0.794. The van der Waals surface area contributed by atoms with E-state index in [-0.39, 0.29) is 0 Å². The third kappa shape index (κ3) is 3.07. The zero-order valence-corrected chi connectivity index (χ0v) is 10.5. The van der Waals surface area contributed by atoms with Crippen LogP contribution in [0.3, 0.4) is 0 Å². The van der Waals surface area contributed by atoms with E-state index in [1.165, 1.54) is 32.2 Å². The molecule has 0 aromatic rings. The van der Waals surface area contributed by atoms with Gasteiger partial charge < -0.3 is 5.32 Å². The van der Waals surface area contributed by atoms with E-state index >= 15 is 0 Å². The second-order valence-corrected chi connectivity index (χ2v) is 5.74. The van der Waals surface area contributed by atoms with Gasteiger partial charge in [0.15, 0.2) is 0 Å². The van der Waals surface area contributed by atoms with E-state index in [0.29, 0.717) is 17.6 Å². The van der Waals surface area contributed by atoms with Crippen molar-refractivity contribution in [2.24, 2.45) is 17.8 Å². The van der Waals surface area contributed by atoms with Crippen LogP contribution in [0.1, 0.15) is 51.9 Å². The number of hydrogen-bond acceptors (Lipinski definition) is 2. The summed E-state index contributed by atoms with van der Waals surface area (Å²) in [6, 6.07) is 0. The Morgan fingerprint density at radius 3 is 2.62 bits per heavy atom. The maximum atomic E-state index is 12.1. The van der Waals surface area contributed by atoms with Gasteiger partial charge >= 0.3 is 0 Å². The van der Waals surface area contributed by atoms with Gasteiger partial charge in [-0.25, -0.2) is 0 Å². The lowest BCUT2D eigenvalue weighted by atomic mass is 9.82. The van der Waals surface area contributed by atoms with Gasteiger partial charge in [0.1, 0.15) is 5.78 Å². The van der Waals surface area contributed by atoms with Gasteiger partial charge in [0.2, 0.25) is 0 Å². The molecule has 2 heteroatoms. The molecule has 2 aliphatic rings. The van der Waals surface area contributed by atoms with Crippen molar-refractivity contribution < 1.29 is 4.79 Å². The Morgan fingerprint density at radius 1 is 1.25 bits per heavy atom. The fourth-order valence-corrected chi connectivity index (χ4v) is 3.26. The average molecular weight is 223 g/mol. The molecule has 2 atom stereocenters. The molecule has 92 valence electrons. The average Bonchev–Trinajstić information content (AvgIpc) is 2.83. The number of Topliss-reactive ketones (excluding diaryl/α,β-unsaturated/α-hetero) is 1. The molecule has 0 radical (unpaired) electrons. The van der Waals surface area contributed by atoms with Crippen molar-refractivity contribution in [2.75, 3.05) is 13.1 Å². The van der Waals surface area contributed by atoms with Gasteiger partial charge in [-0.15, -0.1) is 0 Å². The molecule has 1 saturated heterocycles. The number of carbonyl (C=O) groups is 1. The smallest absolute Gasteiger partial charge is 0.136 e. The van der Waals surface area contributed by atoms with Crippen molar-refractivity contribution in [3.05, 3.63) is 0 Å². The number of nitrogens with one attached hydrogen (secondary N) is 1. The topological polar surface area (TPSA) is 29.1 Å². The fraction of sp³-hybridized carbons (Fsp3) is 0.929. The highest BCUT2D eigenvalue weighted by Gasteiger charge is 2.27. The van der Waals surface area contributed by atoms with Crippen molar-refractivity contribution >= 4 is 5.78 Å². The van der Waals surface area contributed by atoms with Gasteiger partial charge in [-0.3, -0.25) is 4.79 Å². The third-order valence-corrected chi connectivity index (χ3v) is 4.47. The molecule has 0 amide bonds. The molecular formula is C14H25NO. The minimum Gasteiger partial charge on any atom is -0.316 e. The molecule has 0 aromatic heterocycles. The van der Waals surface area contributed by atoms with Crippen molar-refractivity contribution in [3.63, 3.8) is 0 Å². The summed E-state index contributed by atoms with van der Waals surface area (Å²) in [4.78, 5) is 12.1. The Balaban J connectivity index is 1.76. The van der Waals surface area contributed by atoms with Crippen molar-refractivity contribution in [3.8, 4) is 0 Å². The first kappa shape index (κ1) is 12.1. The molecule has 2 fully saturated rings. The normalized spacial score (nSPS) is 29.2. The van der Waals surface area contributed by atoms with Crippen LogP contribution in [0.25, 0.3) is 0 Å². The van der Waals surface area contributed by atoms with Crippen LogP contribution in [0.2, 0.25) is 0 Å². The lowest BCUT2D eigenvalue weighted by Crippen LogP contribution is -2.34. The molecule has 0 bridgehead atoms. The molecule has 2 rings (SSSR count). The third-order valence-electron chi connectivity index (χ3n) is 4.47. The van der Waals surface area contributed by atoms with E-state index in [1.54, 1.807) is 0 Å². The number of piperidine rings is 1. The summed E-state index contributed by atoms with van der Waals surface area (Å²) in [7, 11) is 0. The first-order valence-corrected chi connectivity index (χ1v) is 7.01. The highest BCUT2D eigenvalue weighted by Crippen LogP contribution is 2.30. The van der Waals surface area contributed by atoms with E-state index in [9.17, 15) is 4.79 Å². The van der Waals surface area contributed by atoms with Gasteiger partial charge in [0.25, 0.3) is 0 Å². The summed E-state index contributed by atoms with van der Waals surface area (Å²) in [6.45, 7) is 4.56. The van der Waals surface area contributed by atoms with Crippen LogP contribution in [0.4, 0.5) is 0 Å². The monoisotopic (exact) mass is 223 g/mol. The second-order valence-electron chi connectivity index (χ2n) is 5.74. The molecule has 1 N–H and O–H groups in total. The zero-order valence-electron chi connectivity index (χ0n) is 10.5. The Labute approximate surface area is 99.2 Å². The Bertz CT molecular complexity index is 227. The Kier molecular flexibility index (Phi) is 4.39. The van der Waals surface area contributed by atoms with Crippen LogP contribution < -0.4 is 5.32 Å². The molecule has 0 aromatic carbocycles. The van der Waals surface area contributed by atoms with Crippen molar-refractivity contribution in [1.29, 1.82) is 0 Å². The molecule has 1 aliphatic heterocycles. The molecule has 1 heterocycles. The van der Waals surface area contributed by atoms with Crippen molar-refractivity contribution in [2.45, 2.75) is 51.9 Å². The summed E-state index contributed by atoms with van der Waals surface area (Å²) in [5.74, 6) is 2.29. The predicted molar refractivity (Wildman–Crippen MR) is 66.3 cm³/mol. The van der Waals surface area contributed by atoms with Crippen molar-refractivity contribution in [1.82, 2.24) is 5.32 Å². The van der Waals surface area contributed by atoms with Crippen LogP contribution in [0.5, 0.6) is 0 Å². The lowest BCUT2D eigenvalue weighted by Gasteiger charge is -2.28. The fourth-order valence-electron chi connectivity index (χ4n) is 3.26. The molecule has 0 spiro atoms. The van der Waals surface area contributed by atoms with Crippen LogP contribution in [0, 0.1) is 17.8 Å². The largest absolute Gasteiger partial charge is 0.316 e. The van der Waals surface area contributed by atoms with E-state index < -0.39 is 0 Å². The summed E-state index contributed by atoms with van der Waals surface area (Å²) < 4.78 is 0. The molecule has 2 nitrogen and oxygen atoms in total. The van der Waals surface area contributed by atoms with E-state index in [0.717, 1.165) is 31.7 Å². The first-order valence-electron chi connectivity index (χ1n) is 7.01. The van der Waals surface area contributed by atoms with E-state index in [4.69, 9.17) is 0 Å². The Hall–Kier alpha value is -0.370. The first-order chi connectivity index (χ1) is 7.77. The van der Waals surface area contributed by atoms with E-state index in [2.05, 4.69) is 12.2 Å². The number of hydrogen-bond donors (Lipinski definition) is 1. The molecule has 2 unspecified atom stereocenters.